The Morgan fingerprint density at radius 3 is 1.57 bits per heavy atom. The van der Waals surface area contributed by atoms with Crippen LogP contribution in [0.1, 0.15) is 12.8 Å². The number of rotatable bonds is 0. The summed E-state index contributed by atoms with van der Waals surface area (Å²) in [6.07, 6.45) is 2.63. The highest BCUT2D eigenvalue weighted by Crippen LogP contribution is 2.03. The van der Waals surface area contributed by atoms with Gasteiger partial charge >= 0.3 is 0 Å². The van der Waals surface area contributed by atoms with Gasteiger partial charge in [-0.3, -0.25) is 0 Å². The lowest BCUT2D eigenvalue weighted by Gasteiger charge is -2.08. The van der Waals surface area contributed by atoms with Crippen molar-refractivity contribution in [1.29, 1.82) is 0 Å². The molecule has 0 aliphatic carbocycles. The lowest BCUT2D eigenvalue weighted by Crippen LogP contribution is -2.22. The molecular weight excluding hydrogens is 212 g/mol. The molecule has 1 aliphatic heterocycles. The summed E-state index contributed by atoms with van der Waals surface area (Å²) in [4.78, 5) is 0. The maximum absolute atomic E-state index is 3.49. The van der Waals surface area contributed by atoms with Crippen LogP contribution in [0.15, 0.2) is 0 Å². The van der Waals surface area contributed by atoms with E-state index in [0.29, 0.717) is 0 Å². The Labute approximate surface area is 96.4 Å². The molecule has 0 amide bonds. The summed E-state index contributed by atoms with van der Waals surface area (Å²) < 4.78 is 0. The quantitative estimate of drug-likeness (QED) is 0.662. The normalized spacial score (nSPS) is 24.0. The van der Waals surface area contributed by atoms with Gasteiger partial charge < -0.3 is 10.6 Å². The predicted molar refractivity (Wildman–Crippen MR) is 69.6 cm³/mol. The Bertz CT molecular complexity index is 69.4. The second-order valence-corrected chi connectivity index (χ2v) is 5.88. The largest absolute Gasteiger partial charge is 0.316 e. The maximum Gasteiger partial charge on any atom is 0.00581 e. The van der Waals surface area contributed by atoms with Crippen LogP contribution in [0, 0.1) is 0 Å². The Kier molecular flexibility index (Phi) is 9.20. The van der Waals surface area contributed by atoms with Gasteiger partial charge in [0.15, 0.2) is 0 Å². The third-order valence-corrected chi connectivity index (χ3v) is 4.27. The molecule has 0 unspecified atom stereocenters. The van der Waals surface area contributed by atoms with E-state index in [4.69, 9.17) is 0 Å². The van der Waals surface area contributed by atoms with Gasteiger partial charge in [-0.2, -0.15) is 23.5 Å². The van der Waals surface area contributed by atoms with E-state index in [1.54, 1.807) is 0 Å². The van der Waals surface area contributed by atoms with Crippen molar-refractivity contribution >= 4 is 23.5 Å². The zero-order chi connectivity index (χ0) is 9.90. The van der Waals surface area contributed by atoms with E-state index in [1.165, 1.54) is 62.0 Å². The molecule has 1 aliphatic rings. The third kappa shape index (κ3) is 7.97. The van der Waals surface area contributed by atoms with Gasteiger partial charge in [0.05, 0.1) is 0 Å². The molecule has 4 heteroatoms. The second-order valence-electron chi connectivity index (χ2n) is 3.43. The number of thioether (sulfide) groups is 2. The van der Waals surface area contributed by atoms with Crippen molar-refractivity contribution in [2.24, 2.45) is 0 Å². The molecule has 84 valence electrons. The molecule has 1 saturated heterocycles. The van der Waals surface area contributed by atoms with Gasteiger partial charge in [-0.05, 0) is 37.4 Å². The Morgan fingerprint density at radius 2 is 1.07 bits per heavy atom. The lowest BCUT2D eigenvalue weighted by molar-refractivity contribution is 0.699. The molecule has 14 heavy (non-hydrogen) atoms. The van der Waals surface area contributed by atoms with E-state index in [2.05, 4.69) is 34.2 Å². The molecule has 1 rings (SSSR count). The first kappa shape index (κ1) is 12.7. The van der Waals surface area contributed by atoms with Crippen LogP contribution >= 0.6 is 23.5 Å². The predicted octanol–water partition coefficient (Wildman–Crippen LogP) is 1.43. The highest BCUT2D eigenvalue weighted by Gasteiger charge is 1.94. The van der Waals surface area contributed by atoms with Gasteiger partial charge in [0.25, 0.3) is 0 Å². The SMILES string of the molecule is C1CNCCSCCCNCCSC1. The smallest absolute Gasteiger partial charge is 0.00581 e. The van der Waals surface area contributed by atoms with Gasteiger partial charge in [0, 0.05) is 24.6 Å². The number of hydrogen-bond acceptors (Lipinski definition) is 4. The minimum absolute atomic E-state index is 1.18. The van der Waals surface area contributed by atoms with Crippen LogP contribution in [-0.2, 0) is 0 Å². The minimum atomic E-state index is 1.18. The summed E-state index contributed by atoms with van der Waals surface area (Å²) in [6, 6.07) is 0. The summed E-state index contributed by atoms with van der Waals surface area (Å²) in [5.74, 6) is 5.16. The summed E-state index contributed by atoms with van der Waals surface area (Å²) >= 11 is 4.14. The molecule has 0 aromatic heterocycles. The molecule has 1 fully saturated rings. The average Bonchev–Trinajstić information content (AvgIpc) is 2.22. The molecule has 0 radical (unpaired) electrons. The Morgan fingerprint density at radius 1 is 0.571 bits per heavy atom. The van der Waals surface area contributed by atoms with Crippen molar-refractivity contribution in [3.63, 3.8) is 0 Å². The van der Waals surface area contributed by atoms with Crippen LogP contribution < -0.4 is 10.6 Å². The molecule has 1 heterocycles. The van der Waals surface area contributed by atoms with Gasteiger partial charge in [0.1, 0.15) is 0 Å². The number of nitrogens with one attached hydrogen (secondary N) is 2. The summed E-state index contributed by atoms with van der Waals surface area (Å²) in [6.45, 7) is 4.76. The minimum Gasteiger partial charge on any atom is -0.316 e. The molecule has 0 saturated carbocycles. The van der Waals surface area contributed by atoms with E-state index in [-0.39, 0.29) is 0 Å². The summed E-state index contributed by atoms with van der Waals surface area (Å²) in [7, 11) is 0. The average molecular weight is 234 g/mol. The van der Waals surface area contributed by atoms with Crippen LogP contribution in [0.2, 0.25) is 0 Å². The van der Waals surface area contributed by atoms with Crippen molar-refractivity contribution in [3.05, 3.63) is 0 Å². The molecule has 0 spiro atoms. The lowest BCUT2D eigenvalue weighted by atomic mass is 10.5. The highest BCUT2D eigenvalue weighted by molar-refractivity contribution is 7.99. The topological polar surface area (TPSA) is 24.1 Å². The van der Waals surface area contributed by atoms with Gasteiger partial charge in [0.2, 0.25) is 0 Å². The summed E-state index contributed by atoms with van der Waals surface area (Å²) in [5, 5.41) is 6.98. The van der Waals surface area contributed by atoms with Crippen molar-refractivity contribution in [3.8, 4) is 0 Å². The maximum atomic E-state index is 3.49. The van der Waals surface area contributed by atoms with Gasteiger partial charge in [-0.25, -0.2) is 0 Å². The zero-order valence-electron chi connectivity index (χ0n) is 8.89. The van der Waals surface area contributed by atoms with Crippen LogP contribution in [0.3, 0.4) is 0 Å². The van der Waals surface area contributed by atoms with Crippen LogP contribution in [0.4, 0.5) is 0 Å². The van der Waals surface area contributed by atoms with Crippen molar-refractivity contribution in [2.75, 3.05) is 49.2 Å². The number of hydrogen-bond donors (Lipinski definition) is 2. The fourth-order valence-electron chi connectivity index (χ4n) is 1.34. The molecule has 0 bridgehead atoms. The van der Waals surface area contributed by atoms with Crippen molar-refractivity contribution < 1.29 is 0 Å². The van der Waals surface area contributed by atoms with E-state index < -0.39 is 0 Å². The van der Waals surface area contributed by atoms with Crippen LogP contribution in [-0.4, -0.2) is 49.2 Å². The highest BCUT2D eigenvalue weighted by atomic mass is 32.2. The Balaban J connectivity index is 2.00. The van der Waals surface area contributed by atoms with Crippen LogP contribution in [0.5, 0.6) is 0 Å². The molecule has 0 atom stereocenters. The van der Waals surface area contributed by atoms with E-state index in [9.17, 15) is 0 Å². The molecule has 0 aromatic rings. The third-order valence-electron chi connectivity index (χ3n) is 2.13. The fourth-order valence-corrected chi connectivity index (χ4v) is 3.02. The van der Waals surface area contributed by atoms with Crippen molar-refractivity contribution in [1.82, 2.24) is 10.6 Å². The molecule has 2 N–H and O–H groups in total. The summed E-state index contributed by atoms with van der Waals surface area (Å²) in [5.41, 5.74) is 0. The zero-order valence-corrected chi connectivity index (χ0v) is 10.5. The molecule has 2 nitrogen and oxygen atoms in total. The Hall–Kier alpha value is 0.620. The van der Waals surface area contributed by atoms with E-state index in [1.807, 2.05) is 0 Å². The van der Waals surface area contributed by atoms with Gasteiger partial charge in [-0.15, -0.1) is 0 Å². The van der Waals surface area contributed by atoms with E-state index in [0.717, 1.165) is 0 Å². The fraction of sp³-hybridized carbons (Fsp3) is 1.00. The van der Waals surface area contributed by atoms with E-state index >= 15 is 0 Å². The van der Waals surface area contributed by atoms with Gasteiger partial charge in [-0.1, -0.05) is 0 Å². The van der Waals surface area contributed by atoms with Crippen LogP contribution in [0.25, 0.3) is 0 Å². The van der Waals surface area contributed by atoms with Crippen molar-refractivity contribution in [2.45, 2.75) is 12.8 Å². The first-order valence-corrected chi connectivity index (χ1v) is 7.88. The molecule has 0 aromatic carbocycles. The standard InChI is InChI=1S/C10H22N2S2/c1-3-11-5-10-14-8-2-4-12-6-9-13-7-1/h11-12H,1-10H2. The molecular formula is C10H22N2S2. The second kappa shape index (κ2) is 10.1. The first-order chi connectivity index (χ1) is 7.00. The monoisotopic (exact) mass is 234 g/mol. The first-order valence-electron chi connectivity index (χ1n) is 5.57.